The second-order valence-corrected chi connectivity index (χ2v) is 5.45. The molecule has 1 N–H and O–H groups in total. The molecular weight excluding hydrogens is 312 g/mol. The highest BCUT2D eigenvalue weighted by atomic mass is 79.9. The lowest BCUT2D eigenvalue weighted by Gasteiger charge is -2.15. The van der Waals surface area contributed by atoms with Gasteiger partial charge in [-0.25, -0.2) is 0 Å². The SMILES string of the molecule is CC(NCc1ccncc1Cl)c1cccc(Br)c1. The molecule has 0 saturated carbocycles. The predicted molar refractivity (Wildman–Crippen MR) is 78.6 cm³/mol. The number of hydrogen-bond acceptors (Lipinski definition) is 2. The van der Waals surface area contributed by atoms with E-state index in [1.807, 2.05) is 18.2 Å². The van der Waals surface area contributed by atoms with E-state index in [1.54, 1.807) is 12.4 Å². The smallest absolute Gasteiger partial charge is 0.0634 e. The Bertz CT molecular complexity index is 531. The van der Waals surface area contributed by atoms with E-state index in [0.29, 0.717) is 5.02 Å². The molecule has 0 fully saturated rings. The second kappa shape index (κ2) is 6.32. The highest BCUT2D eigenvalue weighted by Crippen LogP contribution is 2.19. The topological polar surface area (TPSA) is 24.9 Å². The number of halogens is 2. The first-order valence-corrected chi connectivity index (χ1v) is 6.91. The molecule has 1 atom stereocenters. The Hall–Kier alpha value is -0.900. The van der Waals surface area contributed by atoms with Gasteiger partial charge in [0, 0.05) is 29.5 Å². The summed E-state index contributed by atoms with van der Waals surface area (Å²) in [5.41, 5.74) is 2.31. The van der Waals surface area contributed by atoms with E-state index >= 15 is 0 Å². The minimum atomic E-state index is 0.270. The fourth-order valence-electron chi connectivity index (χ4n) is 1.70. The van der Waals surface area contributed by atoms with Crippen LogP contribution in [0.1, 0.15) is 24.1 Å². The van der Waals surface area contributed by atoms with Gasteiger partial charge in [-0.05, 0) is 36.2 Å². The van der Waals surface area contributed by atoms with Gasteiger partial charge in [0.25, 0.3) is 0 Å². The highest BCUT2D eigenvalue weighted by Gasteiger charge is 2.06. The molecule has 2 rings (SSSR count). The number of benzene rings is 1. The number of nitrogens with zero attached hydrogens (tertiary/aromatic N) is 1. The van der Waals surface area contributed by atoms with Crippen LogP contribution >= 0.6 is 27.5 Å². The average Bonchev–Trinajstić information content (AvgIpc) is 2.37. The summed E-state index contributed by atoms with van der Waals surface area (Å²) >= 11 is 9.55. The monoisotopic (exact) mass is 324 g/mol. The summed E-state index contributed by atoms with van der Waals surface area (Å²) in [6.45, 7) is 2.87. The largest absolute Gasteiger partial charge is 0.306 e. The Labute approximate surface area is 121 Å². The highest BCUT2D eigenvalue weighted by molar-refractivity contribution is 9.10. The number of nitrogens with one attached hydrogen (secondary N) is 1. The van der Waals surface area contributed by atoms with Gasteiger partial charge in [-0.15, -0.1) is 0 Å². The van der Waals surface area contributed by atoms with E-state index in [9.17, 15) is 0 Å². The van der Waals surface area contributed by atoms with Crippen LogP contribution in [0.5, 0.6) is 0 Å². The zero-order chi connectivity index (χ0) is 13.0. The third-order valence-electron chi connectivity index (χ3n) is 2.80. The molecule has 0 aliphatic heterocycles. The molecule has 0 aliphatic carbocycles. The quantitative estimate of drug-likeness (QED) is 0.904. The van der Waals surface area contributed by atoms with Gasteiger partial charge in [0.1, 0.15) is 0 Å². The second-order valence-electron chi connectivity index (χ2n) is 4.12. The van der Waals surface area contributed by atoms with Crippen molar-refractivity contribution in [2.24, 2.45) is 0 Å². The summed E-state index contributed by atoms with van der Waals surface area (Å²) in [6.07, 6.45) is 3.43. The fourth-order valence-corrected chi connectivity index (χ4v) is 2.31. The molecule has 1 heterocycles. The molecular formula is C14H14BrClN2. The van der Waals surface area contributed by atoms with Crippen LogP contribution in [-0.2, 0) is 6.54 Å². The first-order valence-electron chi connectivity index (χ1n) is 5.74. The molecule has 0 aliphatic rings. The molecule has 0 saturated heterocycles. The van der Waals surface area contributed by atoms with Crippen LogP contribution in [0.4, 0.5) is 0 Å². The molecule has 2 nitrogen and oxygen atoms in total. The van der Waals surface area contributed by atoms with Crippen LogP contribution in [-0.4, -0.2) is 4.98 Å². The van der Waals surface area contributed by atoms with E-state index in [-0.39, 0.29) is 6.04 Å². The van der Waals surface area contributed by atoms with Gasteiger partial charge in [0.05, 0.1) is 5.02 Å². The lowest BCUT2D eigenvalue weighted by molar-refractivity contribution is 0.574. The van der Waals surface area contributed by atoms with Crippen LogP contribution in [0.2, 0.25) is 5.02 Å². The van der Waals surface area contributed by atoms with Crippen molar-refractivity contribution in [2.75, 3.05) is 0 Å². The summed E-state index contributed by atoms with van der Waals surface area (Å²) in [5.74, 6) is 0. The van der Waals surface area contributed by atoms with Crippen LogP contribution in [0.3, 0.4) is 0 Å². The molecule has 94 valence electrons. The van der Waals surface area contributed by atoms with Gasteiger partial charge in [-0.3, -0.25) is 4.98 Å². The van der Waals surface area contributed by atoms with Crippen molar-refractivity contribution < 1.29 is 0 Å². The average molecular weight is 326 g/mol. The molecule has 4 heteroatoms. The third-order valence-corrected chi connectivity index (χ3v) is 3.64. The minimum absolute atomic E-state index is 0.270. The molecule has 0 amide bonds. The molecule has 1 unspecified atom stereocenters. The molecule has 1 aromatic heterocycles. The van der Waals surface area contributed by atoms with Crippen LogP contribution in [0, 0.1) is 0 Å². The normalized spacial score (nSPS) is 12.4. The maximum Gasteiger partial charge on any atom is 0.0634 e. The summed E-state index contributed by atoms with van der Waals surface area (Å²) in [4.78, 5) is 3.98. The molecule has 2 aromatic rings. The van der Waals surface area contributed by atoms with Gasteiger partial charge in [0.2, 0.25) is 0 Å². The molecule has 1 aromatic carbocycles. The van der Waals surface area contributed by atoms with E-state index in [4.69, 9.17) is 11.6 Å². The van der Waals surface area contributed by atoms with Gasteiger partial charge in [-0.1, -0.05) is 39.7 Å². The molecule has 18 heavy (non-hydrogen) atoms. The standard InChI is InChI=1S/C14H14BrClN2/c1-10(11-3-2-4-13(15)7-11)18-8-12-5-6-17-9-14(12)16/h2-7,9-10,18H,8H2,1H3. The lowest BCUT2D eigenvalue weighted by Crippen LogP contribution is -2.18. The van der Waals surface area contributed by atoms with Crippen LogP contribution in [0.15, 0.2) is 47.2 Å². The summed E-state index contributed by atoms with van der Waals surface area (Å²) < 4.78 is 1.09. The van der Waals surface area contributed by atoms with Gasteiger partial charge < -0.3 is 5.32 Å². The fraction of sp³-hybridized carbons (Fsp3) is 0.214. The lowest BCUT2D eigenvalue weighted by atomic mass is 10.1. The maximum atomic E-state index is 6.07. The zero-order valence-corrected chi connectivity index (χ0v) is 12.4. The van der Waals surface area contributed by atoms with Crippen molar-refractivity contribution in [3.63, 3.8) is 0 Å². The Morgan fingerprint density at radius 3 is 2.94 bits per heavy atom. The Morgan fingerprint density at radius 2 is 2.22 bits per heavy atom. The maximum absolute atomic E-state index is 6.07. The molecule has 0 spiro atoms. The Balaban J connectivity index is 2.00. The van der Waals surface area contributed by atoms with E-state index in [0.717, 1.165) is 16.6 Å². The first kappa shape index (κ1) is 13.5. The summed E-state index contributed by atoms with van der Waals surface area (Å²) in [5, 5.41) is 4.15. The van der Waals surface area contributed by atoms with Crippen molar-refractivity contribution in [3.05, 3.63) is 63.3 Å². The number of rotatable bonds is 4. The van der Waals surface area contributed by atoms with Crippen molar-refractivity contribution in [1.82, 2.24) is 10.3 Å². The Morgan fingerprint density at radius 1 is 1.39 bits per heavy atom. The Kier molecular flexibility index (Phi) is 4.75. The first-order chi connectivity index (χ1) is 8.66. The third kappa shape index (κ3) is 3.55. The number of pyridine rings is 1. The summed E-state index contributed by atoms with van der Waals surface area (Å²) in [6, 6.07) is 10.5. The number of aromatic nitrogens is 1. The van der Waals surface area contributed by atoms with E-state index in [1.165, 1.54) is 5.56 Å². The zero-order valence-electron chi connectivity index (χ0n) is 10.0. The van der Waals surface area contributed by atoms with Gasteiger partial charge >= 0.3 is 0 Å². The molecule has 0 bridgehead atoms. The van der Waals surface area contributed by atoms with Gasteiger partial charge in [-0.2, -0.15) is 0 Å². The van der Waals surface area contributed by atoms with E-state index in [2.05, 4.69) is 45.3 Å². The predicted octanol–water partition coefficient (Wildman–Crippen LogP) is 4.35. The minimum Gasteiger partial charge on any atom is -0.306 e. The van der Waals surface area contributed by atoms with Gasteiger partial charge in [0.15, 0.2) is 0 Å². The van der Waals surface area contributed by atoms with Crippen LogP contribution in [0.25, 0.3) is 0 Å². The van der Waals surface area contributed by atoms with Crippen LogP contribution < -0.4 is 5.32 Å². The van der Waals surface area contributed by atoms with Crippen molar-refractivity contribution >= 4 is 27.5 Å². The van der Waals surface area contributed by atoms with Crippen molar-refractivity contribution in [2.45, 2.75) is 19.5 Å². The number of hydrogen-bond donors (Lipinski definition) is 1. The van der Waals surface area contributed by atoms with Crippen molar-refractivity contribution in [1.29, 1.82) is 0 Å². The van der Waals surface area contributed by atoms with E-state index < -0.39 is 0 Å². The van der Waals surface area contributed by atoms with Crippen molar-refractivity contribution in [3.8, 4) is 0 Å². The summed E-state index contributed by atoms with van der Waals surface area (Å²) in [7, 11) is 0. The molecule has 0 radical (unpaired) electrons.